The van der Waals surface area contributed by atoms with Gasteiger partial charge in [-0.2, -0.15) is 4.73 Å². The molecule has 2 heterocycles. The van der Waals surface area contributed by atoms with Gasteiger partial charge in [0.05, 0.1) is 11.5 Å². The highest BCUT2D eigenvalue weighted by Crippen LogP contribution is 2.32. The molecule has 1 atom stereocenters. The Morgan fingerprint density at radius 3 is 2.58 bits per heavy atom. The summed E-state index contributed by atoms with van der Waals surface area (Å²) in [6.07, 6.45) is 3.24. The van der Waals surface area contributed by atoms with E-state index in [-0.39, 0.29) is 29.3 Å². The number of hydrogen-bond acceptors (Lipinski definition) is 6. The summed E-state index contributed by atoms with van der Waals surface area (Å²) in [7, 11) is -3.11. The minimum atomic E-state index is -3.11. The lowest BCUT2D eigenvalue weighted by Crippen LogP contribution is -2.45. The van der Waals surface area contributed by atoms with Crippen molar-refractivity contribution in [1.82, 2.24) is 4.90 Å². The number of nitrogens with zero attached hydrogens (tertiary/aromatic N) is 2. The number of amides is 1. The maximum atomic E-state index is 12.4. The van der Waals surface area contributed by atoms with E-state index in [9.17, 15) is 23.2 Å². The molecule has 1 aliphatic carbocycles. The Morgan fingerprint density at radius 1 is 1.25 bits per heavy atom. The minimum absolute atomic E-state index is 0.0238. The number of ether oxygens (including phenoxy) is 1. The molecule has 2 aliphatic rings. The predicted molar refractivity (Wildman–Crippen MR) is 82.6 cm³/mol. The van der Waals surface area contributed by atoms with Gasteiger partial charge in [-0.25, -0.2) is 13.2 Å². The van der Waals surface area contributed by atoms with Crippen molar-refractivity contribution in [3.63, 3.8) is 0 Å². The number of pyridine rings is 1. The number of sulfone groups is 1. The average Bonchev–Trinajstić information content (AvgIpc) is 3.29. The molecular formula is C15H18N2O6S. The zero-order chi connectivity index (χ0) is 17.3. The number of aromatic nitrogens is 1. The first-order valence-corrected chi connectivity index (χ1v) is 9.56. The molecule has 0 unspecified atom stereocenters. The molecule has 24 heavy (non-hydrogen) atoms. The molecule has 0 aromatic carbocycles. The summed E-state index contributed by atoms with van der Waals surface area (Å²) < 4.78 is 28.6. The highest BCUT2D eigenvalue weighted by molar-refractivity contribution is 7.91. The third-order valence-corrected chi connectivity index (χ3v) is 5.94. The van der Waals surface area contributed by atoms with Crippen LogP contribution >= 0.6 is 0 Å². The zero-order valence-electron chi connectivity index (χ0n) is 13.0. The van der Waals surface area contributed by atoms with E-state index in [1.807, 2.05) is 0 Å². The predicted octanol–water partition coefficient (Wildman–Crippen LogP) is -0.345. The number of hydrogen-bond donors (Lipinski definition) is 0. The van der Waals surface area contributed by atoms with Crippen molar-refractivity contribution < 1.29 is 27.5 Å². The highest BCUT2D eigenvalue weighted by Gasteiger charge is 2.42. The molecule has 1 saturated carbocycles. The van der Waals surface area contributed by atoms with E-state index in [1.54, 1.807) is 4.90 Å². The van der Waals surface area contributed by atoms with Crippen molar-refractivity contribution in [2.24, 2.45) is 0 Å². The van der Waals surface area contributed by atoms with Gasteiger partial charge in [-0.3, -0.25) is 4.79 Å². The second-order valence-electron chi connectivity index (χ2n) is 6.08. The van der Waals surface area contributed by atoms with Gasteiger partial charge in [0.15, 0.2) is 22.6 Å². The number of carbonyl (C=O) groups excluding carboxylic acids is 2. The van der Waals surface area contributed by atoms with E-state index in [0.29, 0.717) is 11.2 Å². The van der Waals surface area contributed by atoms with Crippen LogP contribution in [0.2, 0.25) is 0 Å². The van der Waals surface area contributed by atoms with Crippen molar-refractivity contribution >= 4 is 21.7 Å². The van der Waals surface area contributed by atoms with E-state index in [0.717, 1.165) is 19.0 Å². The van der Waals surface area contributed by atoms with Gasteiger partial charge in [-0.15, -0.1) is 0 Å². The molecule has 1 saturated heterocycles. The monoisotopic (exact) mass is 354 g/mol. The Labute approximate surface area is 139 Å². The molecule has 1 aliphatic heterocycles. The summed E-state index contributed by atoms with van der Waals surface area (Å²) in [6.45, 7) is -0.499. The first kappa shape index (κ1) is 16.7. The molecule has 1 amide bonds. The normalized spacial score (nSPS) is 22.1. The second-order valence-corrected chi connectivity index (χ2v) is 8.31. The molecule has 1 aromatic heterocycles. The van der Waals surface area contributed by atoms with Crippen LogP contribution in [-0.4, -0.2) is 55.4 Å². The van der Waals surface area contributed by atoms with Crippen LogP contribution in [0.5, 0.6) is 0 Å². The molecule has 0 N–H and O–H groups in total. The molecule has 130 valence electrons. The Hall–Kier alpha value is -2.16. The number of carbonyl (C=O) groups is 2. The fraction of sp³-hybridized carbons (Fsp3) is 0.533. The van der Waals surface area contributed by atoms with E-state index in [2.05, 4.69) is 0 Å². The SMILES string of the molecule is O=C(OCC(=O)N(C1CC1)[C@H]1CCS(=O)(=O)C1)c1cccc[n+]1[O-]. The van der Waals surface area contributed by atoms with Crippen molar-refractivity contribution in [2.75, 3.05) is 18.1 Å². The number of rotatable bonds is 5. The molecule has 1 aromatic rings. The van der Waals surface area contributed by atoms with Crippen molar-refractivity contribution in [3.05, 3.63) is 35.3 Å². The summed E-state index contributed by atoms with van der Waals surface area (Å²) in [4.78, 5) is 25.9. The lowest BCUT2D eigenvalue weighted by Gasteiger charge is -2.28. The fourth-order valence-corrected chi connectivity index (χ4v) is 4.63. The van der Waals surface area contributed by atoms with Crippen LogP contribution < -0.4 is 4.73 Å². The van der Waals surface area contributed by atoms with Crippen molar-refractivity contribution in [1.29, 1.82) is 0 Å². The van der Waals surface area contributed by atoms with Gasteiger partial charge in [-0.1, -0.05) is 0 Å². The molecular weight excluding hydrogens is 336 g/mol. The molecule has 9 heteroatoms. The van der Waals surface area contributed by atoms with Crippen LogP contribution in [-0.2, 0) is 19.4 Å². The first-order valence-electron chi connectivity index (χ1n) is 7.74. The van der Waals surface area contributed by atoms with Crippen LogP contribution in [0.3, 0.4) is 0 Å². The van der Waals surface area contributed by atoms with Crippen molar-refractivity contribution in [3.8, 4) is 0 Å². The van der Waals surface area contributed by atoms with E-state index in [4.69, 9.17) is 4.74 Å². The van der Waals surface area contributed by atoms with E-state index < -0.39 is 28.3 Å². The lowest BCUT2D eigenvalue weighted by atomic mass is 10.2. The summed E-state index contributed by atoms with van der Waals surface area (Å²) in [5, 5.41) is 11.5. The van der Waals surface area contributed by atoms with Gasteiger partial charge in [0.1, 0.15) is 0 Å². The molecule has 2 fully saturated rings. The maximum absolute atomic E-state index is 12.4. The maximum Gasteiger partial charge on any atom is 0.405 e. The lowest BCUT2D eigenvalue weighted by molar-refractivity contribution is -0.608. The quantitative estimate of drug-likeness (QED) is 0.406. The molecule has 3 rings (SSSR count). The van der Waals surface area contributed by atoms with Crippen LogP contribution in [0.4, 0.5) is 0 Å². The first-order chi connectivity index (χ1) is 11.4. The molecule has 8 nitrogen and oxygen atoms in total. The smallest absolute Gasteiger partial charge is 0.405 e. The van der Waals surface area contributed by atoms with Crippen molar-refractivity contribution in [2.45, 2.75) is 31.3 Å². The standard InChI is InChI=1S/C15H18N2O6S/c18-14(9-23-15(19)13-3-1-2-7-16(13)20)17(11-4-5-11)12-6-8-24(21,22)10-12/h1-3,7,11-12H,4-6,8-10H2/t12-/m0/s1. The van der Waals surface area contributed by atoms with Crippen LogP contribution in [0.1, 0.15) is 29.8 Å². The van der Waals surface area contributed by atoms with E-state index in [1.165, 1.54) is 18.2 Å². The second kappa shape index (κ2) is 6.39. The van der Waals surface area contributed by atoms with Crippen LogP contribution in [0.15, 0.2) is 24.4 Å². The summed E-state index contributed by atoms with van der Waals surface area (Å²) >= 11 is 0. The fourth-order valence-electron chi connectivity index (χ4n) is 2.91. The Balaban J connectivity index is 1.63. The summed E-state index contributed by atoms with van der Waals surface area (Å²) in [5.41, 5.74) is -0.202. The van der Waals surface area contributed by atoms with Gasteiger partial charge in [-0.05, 0) is 25.3 Å². The van der Waals surface area contributed by atoms with Crippen LogP contribution in [0.25, 0.3) is 0 Å². The molecule has 0 bridgehead atoms. The van der Waals surface area contributed by atoms with Gasteiger partial charge >= 0.3 is 11.7 Å². The Kier molecular flexibility index (Phi) is 4.44. The Bertz CT molecular complexity index is 759. The highest BCUT2D eigenvalue weighted by atomic mass is 32.2. The third-order valence-electron chi connectivity index (χ3n) is 4.19. The van der Waals surface area contributed by atoms with Gasteiger partial charge < -0.3 is 14.8 Å². The van der Waals surface area contributed by atoms with E-state index >= 15 is 0 Å². The minimum Gasteiger partial charge on any atom is -0.618 e. The third kappa shape index (κ3) is 3.66. The number of esters is 1. The van der Waals surface area contributed by atoms with Gasteiger partial charge in [0.25, 0.3) is 5.91 Å². The largest absolute Gasteiger partial charge is 0.618 e. The molecule has 0 spiro atoms. The topological polar surface area (TPSA) is 108 Å². The molecule has 0 radical (unpaired) electrons. The zero-order valence-corrected chi connectivity index (χ0v) is 13.8. The van der Waals surface area contributed by atoms with Gasteiger partial charge in [0, 0.05) is 24.2 Å². The van der Waals surface area contributed by atoms with Crippen LogP contribution in [0, 0.1) is 5.21 Å². The summed E-state index contributed by atoms with van der Waals surface area (Å²) in [6, 6.07) is 3.98. The Morgan fingerprint density at radius 2 is 2.00 bits per heavy atom. The van der Waals surface area contributed by atoms with Gasteiger partial charge in [0.2, 0.25) is 0 Å². The average molecular weight is 354 g/mol. The summed E-state index contributed by atoms with van der Waals surface area (Å²) in [5.74, 6) is -1.26.